The molecular weight excluding hydrogens is 260 g/mol. The van der Waals surface area contributed by atoms with Crippen molar-refractivity contribution in [3.8, 4) is 0 Å². The normalized spacial score (nSPS) is 12.3. The Hall–Kier alpha value is -1.82. The van der Waals surface area contributed by atoms with E-state index in [9.17, 15) is 4.79 Å². The molecule has 0 bridgehead atoms. The van der Waals surface area contributed by atoms with E-state index in [1.807, 2.05) is 19.2 Å². The summed E-state index contributed by atoms with van der Waals surface area (Å²) in [6.07, 6.45) is 0.836. The van der Waals surface area contributed by atoms with Crippen LogP contribution in [0.4, 0.5) is 5.82 Å². The highest BCUT2D eigenvalue weighted by molar-refractivity contribution is 7.07. The molecule has 0 unspecified atom stereocenters. The van der Waals surface area contributed by atoms with Crippen molar-refractivity contribution < 1.29 is 4.79 Å². The zero-order valence-corrected chi connectivity index (χ0v) is 11.9. The summed E-state index contributed by atoms with van der Waals surface area (Å²) in [6.45, 7) is 4.00. The van der Waals surface area contributed by atoms with Crippen LogP contribution in [0.5, 0.6) is 0 Å². The molecule has 0 aromatic carbocycles. The van der Waals surface area contributed by atoms with Gasteiger partial charge in [0, 0.05) is 12.1 Å². The molecule has 2 rings (SSSR count). The summed E-state index contributed by atoms with van der Waals surface area (Å²) in [5, 5.41) is 11.3. The molecule has 0 spiro atoms. The molecule has 19 heavy (non-hydrogen) atoms. The molecule has 0 saturated carbocycles. The van der Waals surface area contributed by atoms with Crippen LogP contribution < -0.4 is 11.1 Å². The number of nitrogens with two attached hydrogens (primary N) is 1. The van der Waals surface area contributed by atoms with Gasteiger partial charge in [-0.15, -0.1) is 0 Å². The summed E-state index contributed by atoms with van der Waals surface area (Å²) >= 11 is 1.66. The minimum absolute atomic E-state index is 0.0717. The van der Waals surface area contributed by atoms with Gasteiger partial charge in [-0.05, 0) is 42.7 Å². The zero-order chi connectivity index (χ0) is 13.8. The van der Waals surface area contributed by atoms with Crippen LogP contribution in [0.25, 0.3) is 0 Å². The molecule has 5 nitrogen and oxygen atoms in total. The molecule has 0 aliphatic rings. The van der Waals surface area contributed by atoms with Gasteiger partial charge in [0.15, 0.2) is 0 Å². The van der Waals surface area contributed by atoms with Gasteiger partial charge in [-0.2, -0.15) is 16.4 Å². The summed E-state index contributed by atoms with van der Waals surface area (Å²) in [4.78, 5) is 11.9. The molecule has 102 valence electrons. The monoisotopic (exact) mass is 278 g/mol. The van der Waals surface area contributed by atoms with Gasteiger partial charge in [-0.3, -0.25) is 4.79 Å². The highest BCUT2D eigenvalue weighted by atomic mass is 32.1. The van der Waals surface area contributed by atoms with E-state index in [-0.39, 0.29) is 18.5 Å². The average Bonchev–Trinajstić information content (AvgIpc) is 2.89. The van der Waals surface area contributed by atoms with Crippen molar-refractivity contribution in [3.63, 3.8) is 0 Å². The summed E-state index contributed by atoms with van der Waals surface area (Å²) in [7, 11) is 0. The van der Waals surface area contributed by atoms with E-state index in [0.717, 1.165) is 12.1 Å². The Labute approximate surface area is 116 Å². The van der Waals surface area contributed by atoms with E-state index in [2.05, 4.69) is 21.9 Å². The third-order valence-corrected chi connectivity index (χ3v) is 3.49. The maximum atomic E-state index is 11.9. The van der Waals surface area contributed by atoms with Crippen molar-refractivity contribution in [1.29, 1.82) is 0 Å². The summed E-state index contributed by atoms with van der Waals surface area (Å²) < 4.78 is 1.52. The second-order valence-corrected chi connectivity index (χ2v) is 5.45. The number of hydrogen-bond donors (Lipinski definition) is 2. The van der Waals surface area contributed by atoms with Crippen molar-refractivity contribution in [2.45, 2.75) is 32.9 Å². The first-order valence-electron chi connectivity index (χ1n) is 6.15. The second-order valence-electron chi connectivity index (χ2n) is 4.67. The van der Waals surface area contributed by atoms with Crippen LogP contribution in [0.15, 0.2) is 22.9 Å². The SMILES string of the molecule is Cc1cc(N)n(CC(=O)N[C@@H](C)Cc2ccsc2)n1. The molecular formula is C13H18N4OS. The van der Waals surface area contributed by atoms with E-state index < -0.39 is 0 Å². The number of anilines is 1. The van der Waals surface area contributed by atoms with Crippen molar-refractivity contribution in [1.82, 2.24) is 15.1 Å². The van der Waals surface area contributed by atoms with Crippen LogP contribution in [0, 0.1) is 6.92 Å². The number of aryl methyl sites for hydroxylation is 1. The van der Waals surface area contributed by atoms with Crippen LogP contribution in [0.1, 0.15) is 18.2 Å². The molecule has 0 fully saturated rings. The molecule has 2 heterocycles. The Morgan fingerprint density at radius 3 is 3.00 bits per heavy atom. The van der Waals surface area contributed by atoms with E-state index in [4.69, 9.17) is 5.73 Å². The fourth-order valence-electron chi connectivity index (χ4n) is 1.96. The fourth-order valence-corrected chi connectivity index (χ4v) is 2.64. The first-order chi connectivity index (χ1) is 9.04. The van der Waals surface area contributed by atoms with Gasteiger partial charge in [-0.25, -0.2) is 4.68 Å². The zero-order valence-electron chi connectivity index (χ0n) is 11.1. The molecule has 0 aliphatic heterocycles. The number of nitrogen functional groups attached to an aromatic ring is 1. The highest BCUT2D eigenvalue weighted by Gasteiger charge is 2.11. The standard InChI is InChI=1S/C13H18N4OS/c1-9(5-11-3-4-19-8-11)15-13(18)7-17-12(14)6-10(2)16-17/h3-4,6,8-9H,5,7,14H2,1-2H3,(H,15,18)/t9-/m0/s1. The number of aromatic nitrogens is 2. The lowest BCUT2D eigenvalue weighted by atomic mass is 10.1. The van der Waals surface area contributed by atoms with E-state index >= 15 is 0 Å². The molecule has 1 atom stereocenters. The number of thiophene rings is 1. The number of nitrogens with zero attached hydrogens (tertiary/aromatic N) is 2. The topological polar surface area (TPSA) is 72.9 Å². The summed E-state index contributed by atoms with van der Waals surface area (Å²) in [5.74, 6) is 0.440. The number of amides is 1. The number of nitrogens with one attached hydrogen (secondary N) is 1. The smallest absolute Gasteiger partial charge is 0.242 e. The number of hydrogen-bond acceptors (Lipinski definition) is 4. The average molecular weight is 278 g/mol. The predicted octanol–water partition coefficient (Wildman–Crippen LogP) is 1.58. The lowest BCUT2D eigenvalue weighted by molar-refractivity contribution is -0.122. The molecule has 6 heteroatoms. The van der Waals surface area contributed by atoms with Crippen LogP contribution in [0.2, 0.25) is 0 Å². The van der Waals surface area contributed by atoms with Gasteiger partial charge < -0.3 is 11.1 Å². The van der Waals surface area contributed by atoms with Crippen molar-refractivity contribution in [2.75, 3.05) is 5.73 Å². The van der Waals surface area contributed by atoms with Gasteiger partial charge >= 0.3 is 0 Å². The Morgan fingerprint density at radius 2 is 2.42 bits per heavy atom. The second kappa shape index (κ2) is 5.88. The third kappa shape index (κ3) is 3.82. The van der Waals surface area contributed by atoms with Gasteiger partial charge in [0.1, 0.15) is 12.4 Å². The first-order valence-corrected chi connectivity index (χ1v) is 7.09. The molecule has 0 saturated heterocycles. The Kier molecular flexibility index (Phi) is 4.21. The number of rotatable bonds is 5. The summed E-state index contributed by atoms with van der Waals surface area (Å²) in [6, 6.07) is 3.92. The molecule has 2 aromatic heterocycles. The van der Waals surface area contributed by atoms with Gasteiger partial charge in [0.05, 0.1) is 5.69 Å². The van der Waals surface area contributed by atoms with Crippen LogP contribution in [-0.2, 0) is 17.8 Å². The van der Waals surface area contributed by atoms with E-state index in [1.54, 1.807) is 17.4 Å². The minimum atomic E-state index is -0.0717. The minimum Gasteiger partial charge on any atom is -0.384 e. The van der Waals surface area contributed by atoms with Crippen molar-refractivity contribution in [2.24, 2.45) is 0 Å². The summed E-state index contributed by atoms with van der Waals surface area (Å²) in [5.41, 5.74) is 7.81. The third-order valence-electron chi connectivity index (χ3n) is 2.76. The Bertz CT molecular complexity index is 547. The fraction of sp³-hybridized carbons (Fsp3) is 0.385. The molecule has 3 N–H and O–H groups in total. The van der Waals surface area contributed by atoms with Gasteiger partial charge in [0.25, 0.3) is 0 Å². The predicted molar refractivity (Wildman–Crippen MR) is 77.0 cm³/mol. The molecule has 1 amide bonds. The number of carbonyl (C=O) groups is 1. The Morgan fingerprint density at radius 1 is 1.63 bits per heavy atom. The van der Waals surface area contributed by atoms with E-state index in [1.165, 1.54) is 10.2 Å². The lowest BCUT2D eigenvalue weighted by Crippen LogP contribution is -2.36. The maximum absolute atomic E-state index is 11.9. The quantitative estimate of drug-likeness (QED) is 0.872. The van der Waals surface area contributed by atoms with Crippen molar-refractivity contribution >= 4 is 23.1 Å². The van der Waals surface area contributed by atoms with Gasteiger partial charge in [-0.1, -0.05) is 0 Å². The molecule has 2 aromatic rings. The first kappa shape index (κ1) is 13.6. The molecule has 0 aliphatic carbocycles. The van der Waals surface area contributed by atoms with Crippen molar-refractivity contribution in [3.05, 3.63) is 34.2 Å². The highest BCUT2D eigenvalue weighted by Crippen LogP contribution is 2.09. The van der Waals surface area contributed by atoms with E-state index in [0.29, 0.717) is 5.82 Å². The molecule has 0 radical (unpaired) electrons. The Balaban J connectivity index is 1.85. The van der Waals surface area contributed by atoms with Gasteiger partial charge in [0.2, 0.25) is 5.91 Å². The maximum Gasteiger partial charge on any atom is 0.242 e. The van der Waals surface area contributed by atoms with Crippen LogP contribution >= 0.6 is 11.3 Å². The van der Waals surface area contributed by atoms with Crippen LogP contribution in [0.3, 0.4) is 0 Å². The van der Waals surface area contributed by atoms with Crippen LogP contribution in [-0.4, -0.2) is 21.7 Å². The number of carbonyl (C=O) groups excluding carboxylic acids is 1. The lowest BCUT2D eigenvalue weighted by Gasteiger charge is -2.13. The largest absolute Gasteiger partial charge is 0.384 e.